The summed E-state index contributed by atoms with van der Waals surface area (Å²) in [5.74, 6) is 1.34. The van der Waals surface area contributed by atoms with E-state index < -0.39 is 0 Å². The van der Waals surface area contributed by atoms with Gasteiger partial charge in [0, 0.05) is 11.0 Å². The number of benzene rings is 1. The Kier molecular flexibility index (Phi) is 3.56. The van der Waals surface area contributed by atoms with E-state index >= 15 is 0 Å². The lowest BCUT2D eigenvalue weighted by Gasteiger charge is -2.41. The third kappa shape index (κ3) is 2.59. The van der Waals surface area contributed by atoms with Gasteiger partial charge in [0.1, 0.15) is 5.75 Å². The highest BCUT2D eigenvalue weighted by molar-refractivity contribution is 5.45. The van der Waals surface area contributed by atoms with Crippen molar-refractivity contribution >= 4 is 0 Å². The van der Waals surface area contributed by atoms with Crippen molar-refractivity contribution in [2.24, 2.45) is 11.3 Å². The molecule has 1 N–H and O–H groups in total. The van der Waals surface area contributed by atoms with Gasteiger partial charge in [-0.15, -0.1) is 0 Å². The third-order valence-corrected chi connectivity index (χ3v) is 5.63. The zero-order chi connectivity index (χ0) is 15.3. The van der Waals surface area contributed by atoms with Crippen LogP contribution < -0.4 is 4.74 Å². The SMILES string of the molecule is CC1(C)COc2ccc(C(O)C3CCCCC3(C)C)cc21. The second kappa shape index (κ2) is 5.01. The Labute approximate surface area is 128 Å². The van der Waals surface area contributed by atoms with E-state index in [4.69, 9.17) is 4.74 Å². The summed E-state index contributed by atoms with van der Waals surface area (Å²) >= 11 is 0. The zero-order valence-corrected chi connectivity index (χ0v) is 13.8. The lowest BCUT2D eigenvalue weighted by atomic mass is 9.65. The summed E-state index contributed by atoms with van der Waals surface area (Å²) in [5, 5.41) is 10.9. The summed E-state index contributed by atoms with van der Waals surface area (Å²) in [6.07, 6.45) is 4.52. The Morgan fingerprint density at radius 2 is 1.95 bits per heavy atom. The quantitative estimate of drug-likeness (QED) is 0.861. The van der Waals surface area contributed by atoms with Crippen molar-refractivity contribution in [3.8, 4) is 5.75 Å². The number of rotatable bonds is 2. The molecule has 0 radical (unpaired) electrons. The van der Waals surface area contributed by atoms with Crippen molar-refractivity contribution < 1.29 is 9.84 Å². The van der Waals surface area contributed by atoms with E-state index in [-0.39, 0.29) is 16.9 Å². The van der Waals surface area contributed by atoms with Crippen molar-refractivity contribution in [1.82, 2.24) is 0 Å². The molecule has 1 fully saturated rings. The molecule has 116 valence electrons. The summed E-state index contributed by atoms with van der Waals surface area (Å²) < 4.78 is 5.75. The van der Waals surface area contributed by atoms with Crippen LogP contribution in [0.4, 0.5) is 0 Å². The monoisotopic (exact) mass is 288 g/mol. The molecule has 0 spiro atoms. The average molecular weight is 288 g/mol. The highest BCUT2D eigenvalue weighted by atomic mass is 16.5. The molecule has 21 heavy (non-hydrogen) atoms. The lowest BCUT2D eigenvalue weighted by Crippen LogP contribution is -2.32. The van der Waals surface area contributed by atoms with E-state index in [1.54, 1.807) is 0 Å². The number of aliphatic hydroxyl groups excluding tert-OH is 1. The Bertz CT molecular complexity index is 530. The lowest BCUT2D eigenvalue weighted by molar-refractivity contribution is 0.00380. The van der Waals surface area contributed by atoms with E-state index in [0.29, 0.717) is 5.92 Å². The molecule has 2 heteroatoms. The van der Waals surface area contributed by atoms with E-state index in [1.807, 2.05) is 6.07 Å². The summed E-state index contributed by atoms with van der Waals surface area (Å²) in [7, 11) is 0. The van der Waals surface area contributed by atoms with Crippen LogP contribution in [0.2, 0.25) is 0 Å². The summed E-state index contributed by atoms with van der Waals surface area (Å²) in [5.41, 5.74) is 2.58. The van der Waals surface area contributed by atoms with Crippen LogP contribution in [-0.4, -0.2) is 11.7 Å². The van der Waals surface area contributed by atoms with Gasteiger partial charge in [-0.05, 0) is 41.9 Å². The van der Waals surface area contributed by atoms with Crippen LogP contribution in [-0.2, 0) is 5.41 Å². The normalized spacial score (nSPS) is 27.8. The molecule has 0 amide bonds. The van der Waals surface area contributed by atoms with E-state index in [2.05, 4.69) is 39.8 Å². The van der Waals surface area contributed by atoms with Crippen LogP contribution in [0.1, 0.15) is 70.6 Å². The molecule has 0 bridgehead atoms. The van der Waals surface area contributed by atoms with E-state index in [1.165, 1.54) is 24.8 Å². The van der Waals surface area contributed by atoms with Gasteiger partial charge in [-0.2, -0.15) is 0 Å². The number of ether oxygens (including phenoxy) is 1. The first kappa shape index (κ1) is 14.9. The molecule has 0 aromatic heterocycles. The Morgan fingerprint density at radius 1 is 1.19 bits per heavy atom. The molecule has 1 aliphatic carbocycles. The number of aliphatic hydroxyl groups is 1. The van der Waals surface area contributed by atoms with Crippen LogP contribution in [0, 0.1) is 11.3 Å². The number of hydrogen-bond donors (Lipinski definition) is 1. The highest BCUT2D eigenvalue weighted by Crippen LogP contribution is 2.48. The molecule has 1 aliphatic heterocycles. The first-order chi connectivity index (χ1) is 9.81. The third-order valence-electron chi connectivity index (χ3n) is 5.63. The van der Waals surface area contributed by atoms with Gasteiger partial charge in [-0.25, -0.2) is 0 Å². The first-order valence-electron chi connectivity index (χ1n) is 8.27. The van der Waals surface area contributed by atoms with Gasteiger partial charge in [0.15, 0.2) is 0 Å². The summed E-state index contributed by atoms with van der Waals surface area (Å²) in [4.78, 5) is 0. The van der Waals surface area contributed by atoms with Crippen molar-refractivity contribution in [3.05, 3.63) is 29.3 Å². The average Bonchev–Trinajstić information content (AvgIpc) is 2.73. The van der Waals surface area contributed by atoms with Gasteiger partial charge in [0.2, 0.25) is 0 Å². The summed E-state index contributed by atoms with van der Waals surface area (Å²) in [6.45, 7) is 9.76. The van der Waals surface area contributed by atoms with Crippen molar-refractivity contribution in [3.63, 3.8) is 0 Å². The summed E-state index contributed by atoms with van der Waals surface area (Å²) in [6, 6.07) is 6.27. The van der Waals surface area contributed by atoms with Crippen molar-refractivity contribution in [2.45, 2.75) is 64.9 Å². The van der Waals surface area contributed by atoms with Gasteiger partial charge in [-0.3, -0.25) is 0 Å². The van der Waals surface area contributed by atoms with Gasteiger partial charge in [0.25, 0.3) is 0 Å². The van der Waals surface area contributed by atoms with E-state index in [0.717, 1.165) is 24.3 Å². The van der Waals surface area contributed by atoms with E-state index in [9.17, 15) is 5.11 Å². The molecule has 0 saturated heterocycles. The molecular weight excluding hydrogens is 260 g/mol. The van der Waals surface area contributed by atoms with Gasteiger partial charge < -0.3 is 9.84 Å². The minimum atomic E-state index is -0.359. The highest BCUT2D eigenvalue weighted by Gasteiger charge is 2.38. The minimum absolute atomic E-state index is 0.0488. The van der Waals surface area contributed by atoms with Crippen LogP contribution in [0.15, 0.2) is 18.2 Å². The second-order valence-corrected chi connectivity index (χ2v) is 8.21. The molecule has 3 rings (SSSR count). The molecule has 2 unspecified atom stereocenters. The van der Waals surface area contributed by atoms with Gasteiger partial charge in [0.05, 0.1) is 12.7 Å². The minimum Gasteiger partial charge on any atom is -0.492 e. The first-order valence-corrected chi connectivity index (χ1v) is 8.27. The fraction of sp³-hybridized carbons (Fsp3) is 0.684. The van der Waals surface area contributed by atoms with Gasteiger partial charge >= 0.3 is 0 Å². The maximum atomic E-state index is 10.9. The van der Waals surface area contributed by atoms with Crippen LogP contribution in [0.25, 0.3) is 0 Å². The zero-order valence-electron chi connectivity index (χ0n) is 13.8. The second-order valence-electron chi connectivity index (χ2n) is 8.21. The fourth-order valence-corrected chi connectivity index (χ4v) is 4.06. The van der Waals surface area contributed by atoms with Crippen LogP contribution >= 0.6 is 0 Å². The molecule has 1 saturated carbocycles. The Morgan fingerprint density at radius 3 is 2.67 bits per heavy atom. The molecular formula is C19H28O2. The number of hydrogen-bond acceptors (Lipinski definition) is 2. The van der Waals surface area contributed by atoms with Crippen LogP contribution in [0.5, 0.6) is 5.75 Å². The smallest absolute Gasteiger partial charge is 0.123 e. The molecule has 2 nitrogen and oxygen atoms in total. The largest absolute Gasteiger partial charge is 0.492 e. The Hall–Kier alpha value is -1.02. The maximum Gasteiger partial charge on any atom is 0.123 e. The maximum absolute atomic E-state index is 10.9. The van der Waals surface area contributed by atoms with Crippen molar-refractivity contribution in [1.29, 1.82) is 0 Å². The molecule has 1 heterocycles. The topological polar surface area (TPSA) is 29.5 Å². The predicted molar refractivity (Wildman–Crippen MR) is 85.7 cm³/mol. The Balaban J connectivity index is 1.90. The molecule has 2 aliphatic rings. The predicted octanol–water partition coefficient (Wildman–Crippen LogP) is 4.61. The molecule has 2 atom stereocenters. The molecule has 1 aromatic carbocycles. The fourth-order valence-electron chi connectivity index (χ4n) is 4.06. The van der Waals surface area contributed by atoms with Gasteiger partial charge in [-0.1, -0.05) is 46.6 Å². The number of fused-ring (bicyclic) bond motifs is 1. The standard InChI is InChI=1S/C19H28O2/c1-18(2)10-6-5-7-14(18)17(20)13-8-9-16-15(11-13)19(3,4)12-21-16/h8-9,11,14,17,20H,5-7,10,12H2,1-4H3. The van der Waals surface area contributed by atoms with Crippen molar-refractivity contribution in [2.75, 3.05) is 6.61 Å². The van der Waals surface area contributed by atoms with Crippen LogP contribution in [0.3, 0.4) is 0 Å². The molecule has 1 aromatic rings.